The van der Waals surface area contributed by atoms with Crippen LogP contribution in [0.3, 0.4) is 0 Å². The van der Waals surface area contributed by atoms with Crippen LogP contribution in [0.2, 0.25) is 5.02 Å². The number of para-hydroxylation sites is 1. The van der Waals surface area contributed by atoms with E-state index in [-0.39, 0.29) is 36.3 Å². The average molecular weight is 539 g/mol. The zero-order valence-corrected chi connectivity index (χ0v) is 22.0. The van der Waals surface area contributed by atoms with Crippen molar-refractivity contribution in [1.29, 1.82) is 0 Å². The molecule has 1 aliphatic heterocycles. The van der Waals surface area contributed by atoms with Gasteiger partial charge in [-0.25, -0.2) is 4.79 Å². The van der Waals surface area contributed by atoms with Crippen LogP contribution < -0.4 is 14.5 Å². The molecule has 198 valence electrons. The summed E-state index contributed by atoms with van der Waals surface area (Å²) in [5, 5.41) is 0.575. The fraction of sp³-hybridized carbons (Fsp3) is 0.276. The van der Waals surface area contributed by atoms with Crippen LogP contribution >= 0.6 is 11.6 Å². The van der Waals surface area contributed by atoms with E-state index < -0.39 is 12.3 Å². The molecule has 3 aromatic rings. The van der Waals surface area contributed by atoms with Crippen LogP contribution in [0.25, 0.3) is 0 Å². The van der Waals surface area contributed by atoms with Gasteiger partial charge in [0.2, 0.25) is 5.91 Å². The molecule has 1 heterocycles. The number of carbonyl (C=O) groups excluding carboxylic acids is 3. The van der Waals surface area contributed by atoms with Gasteiger partial charge in [-0.3, -0.25) is 9.59 Å². The average Bonchev–Trinajstić information content (AvgIpc) is 2.90. The molecule has 3 unspecified atom stereocenters. The molecule has 0 saturated heterocycles. The highest BCUT2D eigenvalue weighted by Crippen LogP contribution is 2.43. The first kappa shape index (κ1) is 27.1. The van der Waals surface area contributed by atoms with E-state index in [0.717, 1.165) is 11.3 Å². The number of alkyl halides is 1. The first-order chi connectivity index (χ1) is 18.2. The van der Waals surface area contributed by atoms with Crippen LogP contribution in [0.15, 0.2) is 72.8 Å². The number of benzene rings is 3. The van der Waals surface area contributed by atoms with Gasteiger partial charge in [0.25, 0.3) is 5.91 Å². The summed E-state index contributed by atoms with van der Waals surface area (Å²) in [5.41, 5.74) is 2.63. The first-order valence-corrected chi connectivity index (χ1v) is 12.6. The third-order valence-electron chi connectivity index (χ3n) is 6.35. The number of nitrogens with zero attached hydrogens (tertiary/aromatic N) is 2. The summed E-state index contributed by atoms with van der Waals surface area (Å²) in [6.07, 6.45) is -1.75. The van der Waals surface area contributed by atoms with Crippen molar-refractivity contribution in [2.75, 3.05) is 16.4 Å². The van der Waals surface area contributed by atoms with Crippen molar-refractivity contribution in [3.05, 3.63) is 88.9 Å². The summed E-state index contributed by atoms with van der Waals surface area (Å²) in [7, 11) is 0. The Morgan fingerprint density at radius 1 is 1.05 bits per heavy atom. The normalized spacial score (nSPS) is 17.2. The zero-order chi connectivity index (χ0) is 27.4. The van der Waals surface area contributed by atoms with E-state index >= 15 is 0 Å². The van der Waals surface area contributed by atoms with Crippen molar-refractivity contribution in [3.8, 4) is 5.75 Å². The zero-order valence-electron chi connectivity index (χ0n) is 21.3. The van der Waals surface area contributed by atoms with E-state index in [4.69, 9.17) is 16.3 Å². The van der Waals surface area contributed by atoms with Crippen LogP contribution in [-0.2, 0) is 14.3 Å². The molecule has 1 aliphatic rings. The van der Waals surface area contributed by atoms with Crippen molar-refractivity contribution in [1.82, 2.24) is 0 Å². The third kappa shape index (κ3) is 5.65. The minimum atomic E-state index is -2.26. The number of hydrogen-bond donors (Lipinski definition) is 0. The van der Waals surface area contributed by atoms with Crippen LogP contribution in [-0.4, -0.2) is 36.8 Å². The number of amides is 2. The lowest BCUT2D eigenvalue weighted by Crippen LogP contribution is -2.47. The smallest absolute Gasteiger partial charge is 0.381 e. The number of halogens is 2. The van der Waals surface area contributed by atoms with E-state index in [1.165, 1.54) is 31.2 Å². The highest BCUT2D eigenvalue weighted by Gasteiger charge is 2.38. The molecule has 0 fully saturated rings. The van der Waals surface area contributed by atoms with E-state index in [2.05, 4.69) is 4.74 Å². The van der Waals surface area contributed by atoms with Crippen molar-refractivity contribution in [3.63, 3.8) is 0 Å². The van der Waals surface area contributed by atoms with Gasteiger partial charge in [0.15, 0.2) is 0 Å². The minimum absolute atomic E-state index is 0.0380. The van der Waals surface area contributed by atoms with Gasteiger partial charge in [-0.2, -0.15) is 4.39 Å². The molecule has 4 rings (SSSR count). The molecule has 2 amide bonds. The number of hydrogen-bond acceptors (Lipinski definition) is 5. The van der Waals surface area contributed by atoms with Gasteiger partial charge in [-0.05, 0) is 80.4 Å². The molecule has 0 spiro atoms. The molecule has 38 heavy (non-hydrogen) atoms. The second-order valence-corrected chi connectivity index (χ2v) is 9.35. The summed E-state index contributed by atoms with van der Waals surface area (Å²) in [6.45, 7) is 5.07. The Morgan fingerprint density at radius 2 is 1.71 bits per heavy atom. The third-order valence-corrected chi connectivity index (χ3v) is 6.60. The largest absolute Gasteiger partial charge is 0.461 e. The molecule has 0 bridgehead atoms. The standard InChI is InChI=1S/C29H28ClFN2O5/c1-4-37-29(36)27(31)38-23-15-9-20(10-16-23)28(35)32-18(2)17-26(24-7-5-6-8-25(24)32)33(19(3)34)22-13-11-21(30)12-14-22/h5-16,18,26-27H,4,17H2,1-3H3. The molecule has 0 aromatic heterocycles. The van der Waals surface area contributed by atoms with Crippen LogP contribution in [0.4, 0.5) is 15.8 Å². The number of esters is 1. The predicted octanol–water partition coefficient (Wildman–Crippen LogP) is 6.11. The van der Waals surface area contributed by atoms with Crippen LogP contribution in [0.5, 0.6) is 5.75 Å². The van der Waals surface area contributed by atoms with E-state index in [9.17, 15) is 18.8 Å². The second kappa shape index (κ2) is 11.6. The summed E-state index contributed by atoms with van der Waals surface area (Å²) < 4.78 is 23.5. The van der Waals surface area contributed by atoms with Gasteiger partial charge in [0.1, 0.15) is 5.75 Å². The molecule has 0 aliphatic carbocycles. The minimum Gasteiger partial charge on any atom is -0.461 e. The van der Waals surface area contributed by atoms with Crippen molar-refractivity contribution >= 4 is 40.8 Å². The maximum absolute atomic E-state index is 13.9. The van der Waals surface area contributed by atoms with E-state index in [1.807, 2.05) is 43.3 Å². The molecule has 0 saturated carbocycles. The van der Waals surface area contributed by atoms with E-state index in [1.54, 1.807) is 28.9 Å². The quantitative estimate of drug-likeness (QED) is 0.339. The van der Waals surface area contributed by atoms with Gasteiger partial charge in [0.05, 0.1) is 12.6 Å². The van der Waals surface area contributed by atoms with Crippen molar-refractivity contribution in [2.45, 2.75) is 45.6 Å². The number of fused-ring (bicyclic) bond motifs is 1. The Bertz CT molecular complexity index is 1320. The maximum atomic E-state index is 13.9. The second-order valence-electron chi connectivity index (χ2n) is 8.91. The Kier molecular flexibility index (Phi) is 8.32. The van der Waals surface area contributed by atoms with Crippen molar-refractivity contribution in [2.24, 2.45) is 0 Å². The lowest BCUT2D eigenvalue weighted by molar-refractivity contribution is -0.159. The highest BCUT2D eigenvalue weighted by molar-refractivity contribution is 6.30. The van der Waals surface area contributed by atoms with Crippen LogP contribution in [0.1, 0.15) is 49.2 Å². The molecular weight excluding hydrogens is 511 g/mol. The SMILES string of the molecule is CCOC(=O)C(F)Oc1ccc(C(=O)N2c3ccccc3C(N(C(C)=O)c3ccc(Cl)cc3)CC2C)cc1. The molecule has 3 atom stereocenters. The topological polar surface area (TPSA) is 76.2 Å². The first-order valence-electron chi connectivity index (χ1n) is 12.3. The van der Waals surface area contributed by atoms with E-state index in [0.29, 0.717) is 22.7 Å². The summed E-state index contributed by atoms with van der Waals surface area (Å²) in [6, 6.07) is 20.0. The summed E-state index contributed by atoms with van der Waals surface area (Å²) in [5.74, 6) is -1.39. The van der Waals surface area contributed by atoms with Gasteiger partial charge < -0.3 is 19.3 Å². The van der Waals surface area contributed by atoms with Crippen molar-refractivity contribution < 1.29 is 28.2 Å². The molecule has 0 radical (unpaired) electrons. The molecule has 0 N–H and O–H groups in total. The van der Waals surface area contributed by atoms with Gasteiger partial charge in [-0.15, -0.1) is 0 Å². The predicted molar refractivity (Wildman–Crippen MR) is 143 cm³/mol. The number of rotatable bonds is 7. The molecule has 7 nitrogen and oxygen atoms in total. The van der Waals surface area contributed by atoms with Gasteiger partial charge in [-0.1, -0.05) is 29.8 Å². The lowest BCUT2D eigenvalue weighted by Gasteiger charge is -2.43. The molecular formula is C29H28ClFN2O5. The Balaban J connectivity index is 1.61. The number of carbonyl (C=O) groups is 3. The number of anilines is 2. The lowest BCUT2D eigenvalue weighted by atomic mass is 9.89. The fourth-order valence-electron chi connectivity index (χ4n) is 4.71. The molecule has 9 heteroatoms. The fourth-order valence-corrected chi connectivity index (χ4v) is 4.84. The summed E-state index contributed by atoms with van der Waals surface area (Å²) >= 11 is 6.06. The number of ether oxygens (including phenoxy) is 2. The Labute approximate surface area is 225 Å². The van der Waals surface area contributed by atoms with Crippen LogP contribution in [0, 0.1) is 0 Å². The Morgan fingerprint density at radius 3 is 2.34 bits per heavy atom. The summed E-state index contributed by atoms with van der Waals surface area (Å²) in [4.78, 5) is 41.4. The molecule has 3 aromatic carbocycles. The maximum Gasteiger partial charge on any atom is 0.381 e. The highest BCUT2D eigenvalue weighted by atomic mass is 35.5. The van der Waals surface area contributed by atoms with Gasteiger partial charge in [0, 0.05) is 34.9 Å². The van der Waals surface area contributed by atoms with Gasteiger partial charge >= 0.3 is 12.3 Å². The Hall–Kier alpha value is -3.91. The monoisotopic (exact) mass is 538 g/mol.